The smallest absolute Gasteiger partial charge is 0.317 e. The molecule has 6 heteroatoms. The molecule has 0 spiro atoms. The summed E-state index contributed by atoms with van der Waals surface area (Å²) in [7, 11) is 0. The molecule has 0 bridgehead atoms. The van der Waals surface area contributed by atoms with Crippen LogP contribution in [-0.4, -0.2) is 71.2 Å². The molecule has 92 valence electrons. The van der Waals surface area contributed by atoms with Gasteiger partial charge in [-0.3, -0.25) is 14.5 Å². The number of rotatable bonds is 7. The Morgan fingerprint density at radius 3 is 2.00 bits per heavy atom. The summed E-state index contributed by atoms with van der Waals surface area (Å²) < 4.78 is 0. The first-order valence-corrected chi connectivity index (χ1v) is 5.46. The number of nitrogens with zero attached hydrogens (tertiary/aromatic N) is 2. The predicted octanol–water partition coefficient (Wildman–Crippen LogP) is -0.447. The fraction of sp³-hybridized carbons (Fsp3) is 0.800. The van der Waals surface area contributed by atoms with Gasteiger partial charge in [-0.05, 0) is 25.9 Å². The Balaban J connectivity index is 2.30. The molecule has 0 radical (unpaired) electrons. The summed E-state index contributed by atoms with van der Waals surface area (Å²) in [6.45, 7) is 2.90. The van der Waals surface area contributed by atoms with Gasteiger partial charge in [0.25, 0.3) is 0 Å². The lowest BCUT2D eigenvalue weighted by Crippen LogP contribution is -2.39. The fourth-order valence-corrected chi connectivity index (χ4v) is 1.89. The number of hydrogen-bond acceptors (Lipinski definition) is 4. The maximum Gasteiger partial charge on any atom is 0.317 e. The summed E-state index contributed by atoms with van der Waals surface area (Å²) in [5.74, 6) is -1.97. The molecule has 0 atom stereocenters. The van der Waals surface area contributed by atoms with Crippen LogP contribution in [0.3, 0.4) is 0 Å². The minimum absolute atomic E-state index is 0.208. The fourth-order valence-electron chi connectivity index (χ4n) is 1.89. The normalized spacial score (nSPS) is 16.8. The Hall–Kier alpha value is -1.14. The number of hydrogen-bond donors (Lipinski definition) is 2. The predicted molar refractivity (Wildman–Crippen MR) is 57.4 cm³/mol. The Morgan fingerprint density at radius 2 is 1.56 bits per heavy atom. The lowest BCUT2D eigenvalue weighted by Gasteiger charge is -2.21. The van der Waals surface area contributed by atoms with Crippen LogP contribution in [0.15, 0.2) is 0 Å². The largest absolute Gasteiger partial charge is 0.480 e. The van der Waals surface area contributed by atoms with Gasteiger partial charge in [0.1, 0.15) is 0 Å². The van der Waals surface area contributed by atoms with E-state index in [1.54, 1.807) is 0 Å². The molecule has 0 aromatic heterocycles. The van der Waals surface area contributed by atoms with Crippen LogP contribution in [0.4, 0.5) is 0 Å². The molecule has 0 amide bonds. The first-order chi connectivity index (χ1) is 7.58. The molecule has 2 N–H and O–H groups in total. The minimum Gasteiger partial charge on any atom is -0.480 e. The van der Waals surface area contributed by atoms with Gasteiger partial charge in [-0.15, -0.1) is 0 Å². The third kappa shape index (κ3) is 5.09. The molecule has 16 heavy (non-hydrogen) atoms. The highest BCUT2D eigenvalue weighted by atomic mass is 16.4. The zero-order chi connectivity index (χ0) is 12.0. The molecule has 1 fully saturated rings. The van der Waals surface area contributed by atoms with E-state index in [0.29, 0.717) is 6.54 Å². The van der Waals surface area contributed by atoms with Crippen LogP contribution in [-0.2, 0) is 9.59 Å². The Bertz CT molecular complexity index is 235. The molecule has 1 aliphatic rings. The zero-order valence-electron chi connectivity index (χ0n) is 9.26. The van der Waals surface area contributed by atoms with Crippen molar-refractivity contribution >= 4 is 11.9 Å². The maximum absolute atomic E-state index is 10.5. The van der Waals surface area contributed by atoms with E-state index < -0.39 is 11.9 Å². The van der Waals surface area contributed by atoms with Gasteiger partial charge in [0.2, 0.25) is 0 Å². The molecule has 0 aliphatic carbocycles. The van der Waals surface area contributed by atoms with E-state index in [1.807, 2.05) is 0 Å². The van der Waals surface area contributed by atoms with Gasteiger partial charge >= 0.3 is 11.9 Å². The Morgan fingerprint density at radius 1 is 1.06 bits per heavy atom. The van der Waals surface area contributed by atoms with Gasteiger partial charge in [0, 0.05) is 13.1 Å². The van der Waals surface area contributed by atoms with Gasteiger partial charge in [-0.25, -0.2) is 0 Å². The van der Waals surface area contributed by atoms with Crippen LogP contribution in [0.5, 0.6) is 0 Å². The Labute approximate surface area is 94.4 Å². The van der Waals surface area contributed by atoms with Crippen molar-refractivity contribution in [2.24, 2.45) is 0 Å². The van der Waals surface area contributed by atoms with Gasteiger partial charge < -0.3 is 15.1 Å². The number of likely N-dealkylation sites (tertiary alicyclic amines) is 1. The molecule has 6 nitrogen and oxygen atoms in total. The van der Waals surface area contributed by atoms with Crippen LogP contribution in [0.1, 0.15) is 12.8 Å². The standard InChI is InChI=1S/C10H18N2O4/c13-9(14)7-12(8-10(15)16)6-5-11-3-1-2-4-11/h1-8H2,(H,13,14)(H,15,16). The van der Waals surface area contributed by atoms with Crippen molar-refractivity contribution in [1.82, 2.24) is 9.80 Å². The summed E-state index contributed by atoms with van der Waals surface area (Å²) in [5, 5.41) is 17.3. The van der Waals surface area contributed by atoms with Crippen LogP contribution >= 0.6 is 0 Å². The van der Waals surface area contributed by atoms with E-state index in [0.717, 1.165) is 19.6 Å². The lowest BCUT2D eigenvalue weighted by molar-refractivity contribution is -0.141. The number of carbonyl (C=O) groups is 2. The van der Waals surface area contributed by atoms with Crippen molar-refractivity contribution in [2.45, 2.75) is 12.8 Å². The minimum atomic E-state index is -0.984. The Kier molecular flexibility index (Phi) is 5.21. The highest BCUT2D eigenvalue weighted by Gasteiger charge is 2.16. The first kappa shape index (κ1) is 12.9. The van der Waals surface area contributed by atoms with Gasteiger partial charge in [-0.1, -0.05) is 0 Å². The molecule has 1 heterocycles. The maximum atomic E-state index is 10.5. The SMILES string of the molecule is O=C(O)CN(CCN1CCCC1)CC(=O)O. The summed E-state index contributed by atoms with van der Waals surface area (Å²) >= 11 is 0. The van der Waals surface area contributed by atoms with Gasteiger partial charge in [0.15, 0.2) is 0 Å². The summed E-state index contributed by atoms with van der Waals surface area (Å²) in [6, 6.07) is 0. The van der Waals surface area contributed by atoms with E-state index in [2.05, 4.69) is 4.90 Å². The second-order valence-electron chi connectivity index (χ2n) is 4.05. The molecule has 0 unspecified atom stereocenters. The van der Waals surface area contributed by atoms with E-state index in [1.165, 1.54) is 17.7 Å². The van der Waals surface area contributed by atoms with E-state index in [4.69, 9.17) is 10.2 Å². The van der Waals surface area contributed by atoms with Crippen molar-refractivity contribution in [3.8, 4) is 0 Å². The molecule has 1 saturated heterocycles. The average Bonchev–Trinajstić information content (AvgIpc) is 2.64. The third-order valence-corrected chi connectivity index (χ3v) is 2.65. The summed E-state index contributed by atoms with van der Waals surface area (Å²) in [5.41, 5.74) is 0. The third-order valence-electron chi connectivity index (χ3n) is 2.65. The molecule has 0 aromatic rings. The highest BCUT2D eigenvalue weighted by Crippen LogP contribution is 2.06. The molecule has 1 aliphatic heterocycles. The topological polar surface area (TPSA) is 81.1 Å². The van der Waals surface area contributed by atoms with Crippen molar-refractivity contribution < 1.29 is 19.8 Å². The number of carboxylic acids is 2. The molecular formula is C10H18N2O4. The molecular weight excluding hydrogens is 212 g/mol. The van der Waals surface area contributed by atoms with E-state index >= 15 is 0 Å². The van der Waals surface area contributed by atoms with Crippen molar-refractivity contribution in [2.75, 3.05) is 39.3 Å². The van der Waals surface area contributed by atoms with Crippen LogP contribution in [0.25, 0.3) is 0 Å². The van der Waals surface area contributed by atoms with Crippen molar-refractivity contribution in [3.05, 3.63) is 0 Å². The van der Waals surface area contributed by atoms with Gasteiger partial charge in [-0.2, -0.15) is 0 Å². The number of carboxylic acid groups (broad SMARTS) is 2. The van der Waals surface area contributed by atoms with Crippen LogP contribution < -0.4 is 0 Å². The molecule has 1 rings (SSSR count). The van der Waals surface area contributed by atoms with Crippen LogP contribution in [0, 0.1) is 0 Å². The van der Waals surface area contributed by atoms with E-state index in [-0.39, 0.29) is 13.1 Å². The quantitative estimate of drug-likeness (QED) is 0.616. The summed E-state index contributed by atoms with van der Waals surface area (Å²) in [4.78, 5) is 24.8. The van der Waals surface area contributed by atoms with E-state index in [9.17, 15) is 9.59 Å². The zero-order valence-corrected chi connectivity index (χ0v) is 9.26. The second kappa shape index (κ2) is 6.44. The van der Waals surface area contributed by atoms with Crippen molar-refractivity contribution in [3.63, 3.8) is 0 Å². The first-order valence-electron chi connectivity index (χ1n) is 5.46. The monoisotopic (exact) mass is 230 g/mol. The lowest BCUT2D eigenvalue weighted by atomic mass is 10.4. The average molecular weight is 230 g/mol. The van der Waals surface area contributed by atoms with Crippen molar-refractivity contribution in [1.29, 1.82) is 0 Å². The van der Waals surface area contributed by atoms with Gasteiger partial charge in [0.05, 0.1) is 13.1 Å². The van der Waals surface area contributed by atoms with Crippen LogP contribution in [0.2, 0.25) is 0 Å². The highest BCUT2D eigenvalue weighted by molar-refractivity contribution is 5.72. The summed E-state index contributed by atoms with van der Waals surface area (Å²) in [6.07, 6.45) is 2.36. The number of aliphatic carboxylic acids is 2. The molecule has 0 aromatic carbocycles. The molecule has 0 saturated carbocycles. The second-order valence-corrected chi connectivity index (χ2v) is 4.05.